The van der Waals surface area contributed by atoms with Gasteiger partial charge in [-0.05, 0) is 15.9 Å². The van der Waals surface area contributed by atoms with Crippen LogP contribution in [0.15, 0.2) is 4.47 Å². The van der Waals surface area contributed by atoms with E-state index in [1.54, 1.807) is 0 Å². The minimum Gasteiger partial charge on any atom is -0.494 e. The molecule has 0 atom stereocenters. The number of benzene rings is 1. The number of hydrogen-bond acceptors (Lipinski definition) is 2. The maximum atomic E-state index is 13.2. The van der Waals surface area contributed by atoms with Gasteiger partial charge in [-0.2, -0.15) is 0 Å². The fourth-order valence-corrected chi connectivity index (χ4v) is 2.05. The van der Waals surface area contributed by atoms with Gasteiger partial charge in [0.25, 0.3) is 0 Å². The largest absolute Gasteiger partial charge is 0.494 e. The molecule has 0 aliphatic carbocycles. The first-order valence-electron chi connectivity index (χ1n) is 3.55. The molecule has 0 spiro atoms. The molecule has 0 radical (unpaired) electrons. The Kier molecular flexibility index (Phi) is 3.51. The van der Waals surface area contributed by atoms with Crippen LogP contribution < -0.4 is 4.74 Å². The van der Waals surface area contributed by atoms with Crippen LogP contribution in [0, 0.1) is 11.6 Å². The Morgan fingerprint density at radius 3 is 2.40 bits per heavy atom. The van der Waals surface area contributed by atoms with Crippen LogP contribution in [0.1, 0.15) is 10.4 Å². The van der Waals surface area contributed by atoms with Gasteiger partial charge in [-0.1, -0.05) is 11.6 Å². The van der Waals surface area contributed by atoms with Crippen LogP contribution in [-0.4, -0.2) is 18.2 Å². The molecule has 0 aliphatic rings. The molecule has 0 amide bonds. The number of carboxylic acid groups (broad SMARTS) is 1. The molecule has 0 unspecified atom stereocenters. The van der Waals surface area contributed by atoms with Crippen LogP contribution in [0.5, 0.6) is 5.75 Å². The highest BCUT2D eigenvalue weighted by Gasteiger charge is 2.26. The Morgan fingerprint density at radius 1 is 1.47 bits per heavy atom. The standard InChI is InChI=1S/C8H4BrClF2O3/c1-15-7-3(9)2(8(13)14)5(11)6(12)4(7)10/h1H3,(H,13,14). The summed E-state index contributed by atoms with van der Waals surface area (Å²) in [7, 11) is 1.16. The summed E-state index contributed by atoms with van der Waals surface area (Å²) in [5.74, 6) is -4.85. The Bertz CT molecular complexity index is 437. The van der Waals surface area contributed by atoms with Gasteiger partial charge in [0.1, 0.15) is 10.6 Å². The zero-order chi connectivity index (χ0) is 11.7. The molecule has 0 heterocycles. The van der Waals surface area contributed by atoms with Crippen molar-refractivity contribution in [3.05, 3.63) is 26.7 Å². The predicted octanol–water partition coefficient (Wildman–Crippen LogP) is 3.09. The van der Waals surface area contributed by atoms with E-state index >= 15 is 0 Å². The van der Waals surface area contributed by atoms with Gasteiger partial charge >= 0.3 is 5.97 Å². The average Bonchev–Trinajstić information content (AvgIpc) is 2.15. The molecular weight excluding hydrogens is 297 g/mol. The second kappa shape index (κ2) is 4.32. The van der Waals surface area contributed by atoms with Gasteiger partial charge in [-0.25, -0.2) is 13.6 Å². The number of ether oxygens (including phenoxy) is 1. The molecule has 15 heavy (non-hydrogen) atoms. The third kappa shape index (κ3) is 1.91. The lowest BCUT2D eigenvalue weighted by molar-refractivity contribution is 0.0689. The third-order valence-electron chi connectivity index (χ3n) is 1.64. The van der Waals surface area contributed by atoms with Gasteiger partial charge < -0.3 is 9.84 Å². The van der Waals surface area contributed by atoms with Crippen LogP contribution in [0.2, 0.25) is 5.02 Å². The second-order valence-electron chi connectivity index (χ2n) is 2.47. The summed E-state index contributed by atoms with van der Waals surface area (Å²) in [5, 5.41) is 8.04. The molecule has 1 aromatic carbocycles. The maximum Gasteiger partial charge on any atom is 0.340 e. The predicted molar refractivity (Wildman–Crippen MR) is 52.6 cm³/mol. The minimum atomic E-state index is -1.62. The first-order valence-corrected chi connectivity index (χ1v) is 4.72. The second-order valence-corrected chi connectivity index (χ2v) is 3.64. The van der Waals surface area contributed by atoms with Crippen molar-refractivity contribution in [1.82, 2.24) is 0 Å². The van der Waals surface area contributed by atoms with E-state index in [-0.39, 0.29) is 10.2 Å². The number of carboxylic acids is 1. The van der Waals surface area contributed by atoms with Crippen molar-refractivity contribution in [3.63, 3.8) is 0 Å². The first kappa shape index (κ1) is 12.2. The highest BCUT2D eigenvalue weighted by molar-refractivity contribution is 9.10. The Morgan fingerprint density at radius 2 is 2.00 bits per heavy atom. The van der Waals surface area contributed by atoms with E-state index in [0.717, 1.165) is 7.11 Å². The molecule has 0 saturated carbocycles. The summed E-state index contributed by atoms with van der Waals surface area (Å²) >= 11 is 8.20. The van der Waals surface area contributed by atoms with Crippen LogP contribution in [0.25, 0.3) is 0 Å². The fraction of sp³-hybridized carbons (Fsp3) is 0.125. The lowest BCUT2D eigenvalue weighted by Gasteiger charge is -2.10. The average molecular weight is 301 g/mol. The number of hydrogen-bond donors (Lipinski definition) is 1. The Labute approximate surface area is 96.7 Å². The van der Waals surface area contributed by atoms with Gasteiger partial charge in [0.15, 0.2) is 17.4 Å². The molecule has 0 fully saturated rings. The summed E-state index contributed by atoms with van der Waals surface area (Å²) in [6.07, 6.45) is 0. The van der Waals surface area contributed by atoms with E-state index in [1.165, 1.54) is 0 Å². The van der Waals surface area contributed by atoms with Crippen LogP contribution in [-0.2, 0) is 0 Å². The van der Waals surface area contributed by atoms with Gasteiger partial charge in [-0.15, -0.1) is 0 Å². The molecule has 0 bridgehead atoms. The monoisotopic (exact) mass is 300 g/mol. The van der Waals surface area contributed by atoms with Gasteiger partial charge in [0.2, 0.25) is 0 Å². The lowest BCUT2D eigenvalue weighted by atomic mass is 10.2. The topological polar surface area (TPSA) is 46.5 Å². The SMILES string of the molecule is COc1c(Cl)c(F)c(F)c(C(=O)O)c1Br. The highest BCUT2D eigenvalue weighted by Crippen LogP contribution is 2.39. The van der Waals surface area contributed by atoms with Crippen LogP contribution >= 0.6 is 27.5 Å². The summed E-state index contributed by atoms with van der Waals surface area (Å²) in [6.45, 7) is 0. The summed E-state index contributed by atoms with van der Waals surface area (Å²) in [6, 6.07) is 0. The van der Waals surface area contributed by atoms with Crippen LogP contribution in [0.3, 0.4) is 0 Å². The van der Waals surface area contributed by atoms with E-state index in [4.69, 9.17) is 16.7 Å². The van der Waals surface area contributed by atoms with Crippen molar-refractivity contribution in [3.8, 4) is 5.75 Å². The number of carbonyl (C=O) groups is 1. The van der Waals surface area contributed by atoms with Crippen molar-refractivity contribution in [2.45, 2.75) is 0 Å². The number of rotatable bonds is 2. The maximum absolute atomic E-state index is 13.2. The Hall–Kier alpha value is -0.880. The smallest absolute Gasteiger partial charge is 0.340 e. The molecule has 0 aliphatic heterocycles. The lowest BCUT2D eigenvalue weighted by Crippen LogP contribution is -2.06. The Balaban J connectivity index is 3.68. The van der Waals surface area contributed by atoms with Crippen molar-refractivity contribution in [2.75, 3.05) is 7.11 Å². The van der Waals surface area contributed by atoms with Crippen molar-refractivity contribution in [1.29, 1.82) is 0 Å². The minimum absolute atomic E-state index is 0.235. The van der Waals surface area contributed by atoms with Crippen molar-refractivity contribution >= 4 is 33.5 Å². The quantitative estimate of drug-likeness (QED) is 0.674. The highest BCUT2D eigenvalue weighted by atomic mass is 79.9. The van der Waals surface area contributed by atoms with E-state index in [1.807, 2.05) is 0 Å². The van der Waals surface area contributed by atoms with Gasteiger partial charge in [-0.3, -0.25) is 0 Å². The van der Waals surface area contributed by atoms with E-state index < -0.39 is 28.2 Å². The van der Waals surface area contributed by atoms with Crippen molar-refractivity contribution in [2.24, 2.45) is 0 Å². The molecule has 0 saturated heterocycles. The van der Waals surface area contributed by atoms with Gasteiger partial charge in [0, 0.05) is 0 Å². The number of aromatic carboxylic acids is 1. The molecular formula is C8H4BrClF2O3. The molecule has 3 nitrogen and oxygen atoms in total. The van der Waals surface area contributed by atoms with Crippen LogP contribution in [0.4, 0.5) is 8.78 Å². The zero-order valence-electron chi connectivity index (χ0n) is 7.28. The molecule has 1 aromatic rings. The van der Waals surface area contributed by atoms with E-state index in [0.29, 0.717) is 0 Å². The normalized spacial score (nSPS) is 10.2. The third-order valence-corrected chi connectivity index (χ3v) is 2.74. The first-order chi connectivity index (χ1) is 6.91. The van der Waals surface area contributed by atoms with Crippen molar-refractivity contribution < 1.29 is 23.4 Å². The number of halogens is 4. The molecule has 1 N–H and O–H groups in total. The van der Waals surface area contributed by atoms with E-state index in [2.05, 4.69) is 20.7 Å². The fourth-order valence-electron chi connectivity index (χ4n) is 0.979. The van der Waals surface area contributed by atoms with E-state index in [9.17, 15) is 13.6 Å². The summed E-state index contributed by atoms with van der Waals surface area (Å²) < 4.78 is 30.7. The number of methoxy groups -OCH3 is 1. The molecule has 1 rings (SSSR count). The summed E-state index contributed by atoms with van der Waals surface area (Å²) in [5.41, 5.74) is -0.853. The summed E-state index contributed by atoms with van der Waals surface area (Å²) in [4.78, 5) is 10.6. The molecule has 0 aromatic heterocycles. The zero-order valence-corrected chi connectivity index (χ0v) is 9.62. The van der Waals surface area contributed by atoms with Gasteiger partial charge in [0.05, 0.1) is 11.6 Å². The molecule has 82 valence electrons. The molecule has 7 heteroatoms.